The van der Waals surface area contributed by atoms with Gasteiger partial charge < -0.3 is 4.42 Å². The number of aryl methyl sites for hydroxylation is 2. The van der Waals surface area contributed by atoms with E-state index in [1.165, 1.54) is 29.5 Å². The number of fused-ring (bicyclic) bond motifs is 1. The summed E-state index contributed by atoms with van der Waals surface area (Å²) in [5.74, 6) is 0.382. The number of anilines is 1. The van der Waals surface area contributed by atoms with Gasteiger partial charge in [-0.2, -0.15) is 0 Å². The first-order chi connectivity index (χ1) is 14.9. The van der Waals surface area contributed by atoms with Crippen LogP contribution >= 0.6 is 11.3 Å². The van der Waals surface area contributed by atoms with Crippen molar-refractivity contribution in [1.82, 2.24) is 4.98 Å². The highest BCUT2D eigenvalue weighted by Gasteiger charge is 2.20. The van der Waals surface area contributed by atoms with E-state index in [2.05, 4.69) is 6.07 Å². The molecule has 2 aromatic carbocycles. The van der Waals surface area contributed by atoms with Gasteiger partial charge in [-0.05, 0) is 66.9 Å². The van der Waals surface area contributed by atoms with Crippen LogP contribution in [0.4, 0.5) is 10.8 Å². The zero-order chi connectivity index (χ0) is 22.0. The molecule has 31 heavy (non-hydrogen) atoms. The first-order valence-corrected chi connectivity index (χ1v) is 10.4. The van der Waals surface area contributed by atoms with E-state index in [-0.39, 0.29) is 18.1 Å². The van der Waals surface area contributed by atoms with Crippen molar-refractivity contribution in [2.75, 3.05) is 4.90 Å². The Morgan fingerprint density at radius 3 is 2.68 bits per heavy atom. The Bertz CT molecular complexity index is 1270. The largest absolute Gasteiger partial charge is 0.467 e. The Morgan fingerprint density at radius 1 is 1.23 bits per heavy atom. The molecule has 0 bridgehead atoms. The maximum Gasteiger partial charge on any atom is 0.269 e. The number of non-ortho nitro benzene ring substituents is 1. The van der Waals surface area contributed by atoms with E-state index in [4.69, 9.17) is 9.40 Å². The lowest BCUT2D eigenvalue weighted by Crippen LogP contribution is -2.28. The highest BCUT2D eigenvalue weighted by atomic mass is 32.1. The molecule has 0 aliphatic heterocycles. The van der Waals surface area contributed by atoms with Crippen molar-refractivity contribution in [3.05, 3.63) is 93.4 Å². The van der Waals surface area contributed by atoms with Crippen LogP contribution in [0.3, 0.4) is 0 Å². The number of hydrogen-bond donors (Lipinski definition) is 0. The standard InChI is InChI=1S/C23H19N3O4S/c1-15-12-16(2)22-20(13-15)24-23(31-22)25(14-19-4-3-11-30-19)21(27)10-7-17-5-8-18(9-6-17)26(28)29/h3-13H,14H2,1-2H3/b10-7-. The smallest absolute Gasteiger partial charge is 0.269 e. The minimum absolute atomic E-state index is 0.00283. The van der Waals surface area contributed by atoms with Gasteiger partial charge in [-0.15, -0.1) is 0 Å². The molecular weight excluding hydrogens is 414 g/mol. The lowest BCUT2D eigenvalue weighted by molar-refractivity contribution is -0.384. The number of thiazole rings is 1. The molecule has 0 atom stereocenters. The second-order valence-corrected chi connectivity index (χ2v) is 8.09. The van der Waals surface area contributed by atoms with Crippen LogP contribution < -0.4 is 4.90 Å². The molecule has 0 fully saturated rings. The summed E-state index contributed by atoms with van der Waals surface area (Å²) in [6, 6.07) is 13.7. The van der Waals surface area contributed by atoms with E-state index < -0.39 is 4.92 Å². The van der Waals surface area contributed by atoms with Gasteiger partial charge in [0, 0.05) is 18.2 Å². The van der Waals surface area contributed by atoms with E-state index in [9.17, 15) is 14.9 Å². The fraction of sp³-hybridized carbons (Fsp3) is 0.130. The van der Waals surface area contributed by atoms with Crippen molar-refractivity contribution in [2.24, 2.45) is 0 Å². The first kappa shape index (κ1) is 20.5. The molecule has 0 aliphatic carbocycles. The van der Waals surface area contributed by atoms with Crippen molar-refractivity contribution in [2.45, 2.75) is 20.4 Å². The lowest BCUT2D eigenvalue weighted by atomic mass is 10.1. The molecule has 0 aliphatic rings. The lowest BCUT2D eigenvalue weighted by Gasteiger charge is -2.16. The minimum Gasteiger partial charge on any atom is -0.467 e. The summed E-state index contributed by atoms with van der Waals surface area (Å²) in [6.07, 6.45) is 4.63. The van der Waals surface area contributed by atoms with Gasteiger partial charge in [0.1, 0.15) is 5.76 Å². The predicted octanol–water partition coefficient (Wildman–Crippen LogP) is 5.66. The van der Waals surface area contributed by atoms with Gasteiger partial charge in [0.25, 0.3) is 11.6 Å². The third-order valence-corrected chi connectivity index (χ3v) is 5.95. The third-order valence-electron chi connectivity index (χ3n) is 4.72. The number of rotatable bonds is 6. The number of nitrogens with zero attached hydrogens (tertiary/aromatic N) is 3. The van der Waals surface area contributed by atoms with Crippen LogP contribution in [0.1, 0.15) is 22.5 Å². The fourth-order valence-corrected chi connectivity index (χ4v) is 4.26. The van der Waals surface area contributed by atoms with E-state index in [0.717, 1.165) is 21.3 Å². The average molecular weight is 433 g/mol. The Morgan fingerprint density at radius 2 is 2.00 bits per heavy atom. The topological polar surface area (TPSA) is 89.5 Å². The zero-order valence-electron chi connectivity index (χ0n) is 16.9. The first-order valence-electron chi connectivity index (χ1n) is 9.55. The molecule has 0 spiro atoms. The van der Waals surface area contributed by atoms with Gasteiger partial charge in [0.2, 0.25) is 0 Å². The molecular formula is C23H19N3O4S. The molecule has 2 heterocycles. The number of furan rings is 1. The normalized spacial score (nSPS) is 11.3. The van der Waals surface area contributed by atoms with Gasteiger partial charge in [-0.3, -0.25) is 19.8 Å². The van der Waals surface area contributed by atoms with Crippen LogP contribution in [0.2, 0.25) is 0 Å². The van der Waals surface area contributed by atoms with E-state index in [1.807, 2.05) is 26.0 Å². The number of carbonyl (C=O) groups is 1. The Hall–Kier alpha value is -3.78. The van der Waals surface area contributed by atoms with Crippen LogP contribution in [0.5, 0.6) is 0 Å². The van der Waals surface area contributed by atoms with Crippen LogP contribution in [0, 0.1) is 24.0 Å². The molecule has 4 aromatic rings. The van der Waals surface area contributed by atoms with Gasteiger partial charge in [-0.1, -0.05) is 17.4 Å². The molecule has 2 aromatic heterocycles. The Kier molecular flexibility index (Phi) is 5.64. The monoisotopic (exact) mass is 433 g/mol. The summed E-state index contributed by atoms with van der Waals surface area (Å²) in [7, 11) is 0. The number of benzene rings is 2. The zero-order valence-corrected chi connectivity index (χ0v) is 17.8. The molecule has 156 valence electrons. The summed E-state index contributed by atoms with van der Waals surface area (Å²) in [5, 5.41) is 11.4. The van der Waals surface area contributed by atoms with E-state index in [1.54, 1.807) is 35.4 Å². The SMILES string of the molecule is Cc1cc(C)c2sc(N(Cc3ccco3)C(=O)/C=C\c3ccc([N+](=O)[O-])cc3)nc2c1. The second kappa shape index (κ2) is 8.53. The highest BCUT2D eigenvalue weighted by Crippen LogP contribution is 2.33. The minimum atomic E-state index is -0.458. The Balaban J connectivity index is 1.65. The molecule has 1 amide bonds. The van der Waals surface area contributed by atoms with Gasteiger partial charge in [0.05, 0.1) is 27.9 Å². The van der Waals surface area contributed by atoms with Crippen LogP contribution in [-0.2, 0) is 11.3 Å². The molecule has 0 unspecified atom stereocenters. The van der Waals surface area contributed by atoms with Crippen molar-refractivity contribution in [1.29, 1.82) is 0 Å². The molecule has 0 radical (unpaired) electrons. The summed E-state index contributed by atoms with van der Waals surface area (Å²) >= 11 is 1.46. The van der Waals surface area contributed by atoms with Gasteiger partial charge in [-0.25, -0.2) is 4.98 Å². The molecule has 0 N–H and O–H groups in total. The molecule has 0 saturated heterocycles. The number of aromatic nitrogens is 1. The van der Waals surface area contributed by atoms with E-state index >= 15 is 0 Å². The van der Waals surface area contributed by atoms with Crippen molar-refractivity contribution in [3.63, 3.8) is 0 Å². The van der Waals surface area contributed by atoms with Crippen molar-refractivity contribution in [3.8, 4) is 0 Å². The number of nitro groups is 1. The Labute approximate surface area is 182 Å². The van der Waals surface area contributed by atoms with E-state index in [0.29, 0.717) is 16.5 Å². The highest BCUT2D eigenvalue weighted by molar-refractivity contribution is 7.22. The maximum absolute atomic E-state index is 13.1. The fourth-order valence-electron chi connectivity index (χ4n) is 3.24. The van der Waals surface area contributed by atoms with Crippen LogP contribution in [0.15, 0.2) is 65.3 Å². The summed E-state index contributed by atoms with van der Waals surface area (Å²) in [5.41, 5.74) is 3.78. The molecule has 7 nitrogen and oxygen atoms in total. The van der Waals surface area contributed by atoms with Crippen LogP contribution in [0.25, 0.3) is 16.3 Å². The van der Waals surface area contributed by atoms with Gasteiger partial charge >= 0.3 is 0 Å². The van der Waals surface area contributed by atoms with Gasteiger partial charge in [0.15, 0.2) is 5.13 Å². The second-order valence-electron chi connectivity index (χ2n) is 7.11. The number of carbonyl (C=O) groups excluding carboxylic acids is 1. The number of nitro benzene ring substituents is 1. The number of amides is 1. The number of hydrogen-bond acceptors (Lipinski definition) is 6. The third kappa shape index (κ3) is 4.54. The summed E-state index contributed by atoms with van der Waals surface area (Å²) in [4.78, 5) is 29.7. The molecule has 4 rings (SSSR count). The van der Waals surface area contributed by atoms with Crippen LogP contribution in [-0.4, -0.2) is 15.8 Å². The maximum atomic E-state index is 13.1. The summed E-state index contributed by atoms with van der Waals surface area (Å²) in [6.45, 7) is 4.29. The van der Waals surface area contributed by atoms with Crippen molar-refractivity contribution < 1.29 is 14.1 Å². The molecule has 0 saturated carbocycles. The quantitative estimate of drug-likeness (QED) is 0.222. The molecule has 8 heteroatoms. The predicted molar refractivity (Wildman–Crippen MR) is 121 cm³/mol. The summed E-state index contributed by atoms with van der Waals surface area (Å²) < 4.78 is 6.49. The van der Waals surface area contributed by atoms with Crippen molar-refractivity contribution >= 4 is 44.4 Å². The average Bonchev–Trinajstić information content (AvgIpc) is 3.40.